The summed E-state index contributed by atoms with van der Waals surface area (Å²) in [6, 6.07) is 0. The normalized spacial score (nSPS) is 11.6. The van der Waals surface area contributed by atoms with E-state index in [0.29, 0.717) is 5.92 Å². The summed E-state index contributed by atoms with van der Waals surface area (Å²) in [6.07, 6.45) is 0. The molecular weight excluding hydrogens is 262 g/mol. The van der Waals surface area contributed by atoms with E-state index in [1.165, 1.54) is 16.8 Å². The van der Waals surface area contributed by atoms with Crippen molar-refractivity contribution in [3.05, 3.63) is 28.2 Å². The average Bonchev–Trinajstić information content (AvgIpc) is 2.81. The van der Waals surface area contributed by atoms with Gasteiger partial charge in [0.1, 0.15) is 0 Å². The van der Waals surface area contributed by atoms with Gasteiger partial charge in [-0.25, -0.2) is 4.68 Å². The molecule has 5 heteroatoms. The Morgan fingerprint density at radius 3 is 2.24 bits per heavy atom. The van der Waals surface area contributed by atoms with Crippen molar-refractivity contribution in [1.29, 1.82) is 0 Å². The van der Waals surface area contributed by atoms with Gasteiger partial charge in [0.15, 0.2) is 5.82 Å². The van der Waals surface area contributed by atoms with Crippen LogP contribution in [0.25, 0.3) is 5.82 Å². The van der Waals surface area contributed by atoms with Gasteiger partial charge >= 0.3 is 0 Å². The van der Waals surface area contributed by atoms with Crippen molar-refractivity contribution in [2.45, 2.75) is 48.1 Å². The van der Waals surface area contributed by atoms with Crippen molar-refractivity contribution in [3.8, 4) is 5.82 Å². The Morgan fingerprint density at radius 1 is 1.05 bits per heavy atom. The average molecular weight is 289 g/mol. The van der Waals surface area contributed by atoms with Gasteiger partial charge in [-0.2, -0.15) is 10.2 Å². The Bertz CT molecular complexity index is 634. The molecule has 0 bridgehead atoms. The van der Waals surface area contributed by atoms with Crippen LogP contribution in [0.2, 0.25) is 0 Å². The molecule has 1 N–H and O–H groups in total. The molecule has 0 amide bonds. The predicted octanol–water partition coefficient (Wildman–Crippen LogP) is 2.59. The van der Waals surface area contributed by atoms with Crippen LogP contribution in [-0.2, 0) is 13.6 Å². The lowest BCUT2D eigenvalue weighted by atomic mass is 10.2. The predicted molar refractivity (Wildman–Crippen MR) is 85.8 cm³/mol. The van der Waals surface area contributed by atoms with Crippen LogP contribution in [0.4, 0.5) is 0 Å². The van der Waals surface area contributed by atoms with Crippen molar-refractivity contribution < 1.29 is 0 Å². The van der Waals surface area contributed by atoms with Gasteiger partial charge in [0.25, 0.3) is 0 Å². The van der Waals surface area contributed by atoms with Crippen molar-refractivity contribution in [3.63, 3.8) is 0 Å². The minimum atomic E-state index is 0.640. The summed E-state index contributed by atoms with van der Waals surface area (Å²) in [7, 11) is 1.99. The Kier molecular flexibility index (Phi) is 4.52. The molecule has 0 aromatic carbocycles. The molecule has 2 aromatic rings. The molecule has 5 nitrogen and oxygen atoms in total. The minimum Gasteiger partial charge on any atom is -0.312 e. The quantitative estimate of drug-likeness (QED) is 0.920. The Morgan fingerprint density at radius 2 is 1.71 bits per heavy atom. The topological polar surface area (TPSA) is 47.7 Å². The zero-order chi connectivity index (χ0) is 15.7. The molecule has 0 radical (unpaired) electrons. The van der Waals surface area contributed by atoms with Gasteiger partial charge in [-0.1, -0.05) is 13.8 Å². The van der Waals surface area contributed by atoms with E-state index in [9.17, 15) is 0 Å². The van der Waals surface area contributed by atoms with Crippen molar-refractivity contribution in [2.24, 2.45) is 13.0 Å². The summed E-state index contributed by atoms with van der Waals surface area (Å²) < 4.78 is 3.96. The van der Waals surface area contributed by atoms with Gasteiger partial charge in [-0.05, 0) is 45.7 Å². The second-order valence-corrected chi connectivity index (χ2v) is 6.24. The third-order valence-electron chi connectivity index (χ3n) is 4.02. The van der Waals surface area contributed by atoms with E-state index in [0.717, 1.165) is 30.3 Å². The molecule has 0 spiro atoms. The second-order valence-electron chi connectivity index (χ2n) is 6.24. The van der Waals surface area contributed by atoms with Crippen LogP contribution < -0.4 is 5.32 Å². The van der Waals surface area contributed by atoms with Crippen molar-refractivity contribution >= 4 is 0 Å². The SMILES string of the molecule is Cc1nn(-c2c(CNCC(C)C)c(C)nn2C)c(C)c1C. The second kappa shape index (κ2) is 6.02. The molecule has 0 atom stereocenters. The molecule has 0 saturated heterocycles. The molecule has 2 aromatic heterocycles. The Balaban J connectivity index is 2.41. The number of hydrogen-bond acceptors (Lipinski definition) is 3. The fourth-order valence-corrected chi connectivity index (χ4v) is 2.57. The summed E-state index contributed by atoms with van der Waals surface area (Å²) in [4.78, 5) is 0. The Labute approximate surface area is 127 Å². The maximum atomic E-state index is 4.69. The van der Waals surface area contributed by atoms with Gasteiger partial charge < -0.3 is 5.32 Å². The number of hydrogen-bond donors (Lipinski definition) is 1. The summed E-state index contributed by atoms with van der Waals surface area (Å²) in [5, 5.41) is 12.8. The highest BCUT2D eigenvalue weighted by Gasteiger charge is 2.19. The maximum Gasteiger partial charge on any atom is 0.156 e. The number of nitrogens with zero attached hydrogens (tertiary/aromatic N) is 4. The largest absolute Gasteiger partial charge is 0.312 e. The summed E-state index contributed by atoms with van der Waals surface area (Å²) in [5.41, 5.74) is 5.79. The lowest BCUT2D eigenvalue weighted by Crippen LogP contribution is -2.20. The third kappa shape index (κ3) is 3.02. The highest BCUT2D eigenvalue weighted by atomic mass is 15.4. The van der Waals surface area contributed by atoms with E-state index in [2.05, 4.69) is 57.1 Å². The summed E-state index contributed by atoms with van der Waals surface area (Å²) in [5.74, 6) is 1.71. The molecule has 0 saturated carbocycles. The summed E-state index contributed by atoms with van der Waals surface area (Å²) >= 11 is 0. The number of aryl methyl sites for hydroxylation is 3. The number of rotatable bonds is 5. The molecule has 116 valence electrons. The van der Waals surface area contributed by atoms with Crippen LogP contribution in [0.15, 0.2) is 0 Å². The van der Waals surface area contributed by atoms with Crippen molar-refractivity contribution in [2.75, 3.05) is 6.54 Å². The van der Waals surface area contributed by atoms with Crippen LogP contribution in [0.1, 0.15) is 42.1 Å². The molecule has 0 fully saturated rings. The molecule has 0 aliphatic heterocycles. The first kappa shape index (κ1) is 15.8. The van der Waals surface area contributed by atoms with Gasteiger partial charge in [-0.15, -0.1) is 0 Å². The van der Waals surface area contributed by atoms with E-state index in [1.807, 2.05) is 16.4 Å². The summed E-state index contributed by atoms with van der Waals surface area (Å²) in [6.45, 7) is 14.6. The highest BCUT2D eigenvalue weighted by molar-refractivity contribution is 5.40. The Hall–Kier alpha value is -1.62. The zero-order valence-electron chi connectivity index (χ0n) is 14.3. The first-order valence-corrected chi connectivity index (χ1v) is 7.59. The van der Waals surface area contributed by atoms with Crippen LogP contribution in [-0.4, -0.2) is 26.1 Å². The lowest BCUT2D eigenvalue weighted by Gasteiger charge is -2.11. The van der Waals surface area contributed by atoms with E-state index < -0.39 is 0 Å². The number of nitrogens with one attached hydrogen (secondary N) is 1. The third-order valence-corrected chi connectivity index (χ3v) is 4.02. The fraction of sp³-hybridized carbons (Fsp3) is 0.625. The minimum absolute atomic E-state index is 0.640. The smallest absolute Gasteiger partial charge is 0.156 e. The molecular formula is C16H27N5. The van der Waals surface area contributed by atoms with Crippen LogP contribution in [0.3, 0.4) is 0 Å². The van der Waals surface area contributed by atoms with Gasteiger partial charge in [0.2, 0.25) is 0 Å². The van der Waals surface area contributed by atoms with Crippen molar-refractivity contribution in [1.82, 2.24) is 24.9 Å². The monoisotopic (exact) mass is 289 g/mol. The van der Waals surface area contributed by atoms with Crippen LogP contribution in [0, 0.1) is 33.6 Å². The molecule has 0 aliphatic carbocycles. The highest BCUT2D eigenvalue weighted by Crippen LogP contribution is 2.22. The first-order valence-electron chi connectivity index (χ1n) is 7.59. The zero-order valence-corrected chi connectivity index (χ0v) is 14.3. The molecule has 0 unspecified atom stereocenters. The van der Waals surface area contributed by atoms with E-state index in [1.54, 1.807) is 0 Å². The molecule has 2 heterocycles. The van der Waals surface area contributed by atoms with Crippen LogP contribution in [0.5, 0.6) is 0 Å². The van der Waals surface area contributed by atoms with Gasteiger partial charge in [0.05, 0.1) is 11.4 Å². The van der Waals surface area contributed by atoms with Gasteiger partial charge in [0, 0.05) is 24.8 Å². The van der Waals surface area contributed by atoms with Gasteiger partial charge in [-0.3, -0.25) is 4.68 Å². The van der Waals surface area contributed by atoms with E-state index in [4.69, 9.17) is 0 Å². The van der Waals surface area contributed by atoms with Crippen LogP contribution >= 0.6 is 0 Å². The fourth-order valence-electron chi connectivity index (χ4n) is 2.57. The molecule has 0 aliphatic rings. The lowest BCUT2D eigenvalue weighted by molar-refractivity contribution is 0.549. The standard InChI is InChI=1S/C16H27N5/c1-10(2)8-17-9-15-13(5)18-20(7)16(15)21-14(6)11(3)12(4)19-21/h10,17H,8-9H2,1-7H3. The van der Waals surface area contributed by atoms with E-state index in [-0.39, 0.29) is 0 Å². The molecule has 2 rings (SSSR count). The first-order chi connectivity index (χ1) is 9.82. The van der Waals surface area contributed by atoms with E-state index >= 15 is 0 Å². The molecule has 21 heavy (non-hydrogen) atoms. The maximum absolute atomic E-state index is 4.69. The number of aromatic nitrogens is 4.